The van der Waals surface area contributed by atoms with Crippen LogP contribution in [-0.2, 0) is 10.0 Å². The summed E-state index contributed by atoms with van der Waals surface area (Å²) in [4.78, 5) is 14.1. The van der Waals surface area contributed by atoms with Gasteiger partial charge in [-0.3, -0.25) is 4.79 Å². The van der Waals surface area contributed by atoms with E-state index in [0.717, 1.165) is 43.7 Å². The van der Waals surface area contributed by atoms with Crippen molar-refractivity contribution < 1.29 is 13.2 Å². The third-order valence-corrected chi connectivity index (χ3v) is 5.79. The zero-order valence-corrected chi connectivity index (χ0v) is 12.5. The minimum absolute atomic E-state index is 0.0408. The van der Waals surface area contributed by atoms with Crippen LogP contribution in [0.4, 0.5) is 0 Å². The molecule has 1 saturated heterocycles. The molecule has 1 fully saturated rings. The Kier molecular flexibility index (Phi) is 4.27. The van der Waals surface area contributed by atoms with Crippen molar-refractivity contribution in [2.75, 3.05) is 13.1 Å². The van der Waals surface area contributed by atoms with Crippen LogP contribution in [0, 0.1) is 5.92 Å². The lowest BCUT2D eigenvalue weighted by atomic mass is 10.0. The van der Waals surface area contributed by atoms with Gasteiger partial charge in [-0.25, -0.2) is 13.6 Å². The van der Waals surface area contributed by atoms with E-state index in [2.05, 4.69) is 6.92 Å². The number of primary sulfonamides is 1. The van der Waals surface area contributed by atoms with Gasteiger partial charge in [-0.1, -0.05) is 6.92 Å². The molecule has 1 atom stereocenters. The SMILES string of the molecule is C[C@H]1CCCN(C(=O)c2csc(S(N)(=O)=O)c2)CC1. The number of rotatable bonds is 2. The third-order valence-electron chi connectivity index (χ3n) is 3.41. The number of likely N-dealkylation sites (tertiary alicyclic amines) is 1. The molecule has 106 valence electrons. The molecule has 2 rings (SSSR count). The maximum atomic E-state index is 12.3. The van der Waals surface area contributed by atoms with Crippen molar-refractivity contribution in [1.29, 1.82) is 0 Å². The Labute approximate surface area is 117 Å². The average molecular weight is 302 g/mol. The van der Waals surface area contributed by atoms with E-state index in [1.54, 1.807) is 10.3 Å². The molecule has 2 N–H and O–H groups in total. The molecule has 0 bridgehead atoms. The molecule has 5 nitrogen and oxygen atoms in total. The number of nitrogens with zero attached hydrogens (tertiary/aromatic N) is 1. The standard InChI is InChI=1S/C12H18N2O3S2/c1-9-3-2-5-14(6-4-9)12(15)10-7-11(18-8-10)19(13,16)17/h7-9H,2-6H2,1H3,(H2,13,16,17)/t9-/m0/s1. The van der Waals surface area contributed by atoms with E-state index < -0.39 is 10.0 Å². The Balaban J connectivity index is 2.13. The summed E-state index contributed by atoms with van der Waals surface area (Å²) in [5.74, 6) is 0.542. The second kappa shape index (κ2) is 5.60. The number of sulfonamides is 1. The highest BCUT2D eigenvalue weighted by molar-refractivity contribution is 7.91. The first-order valence-electron chi connectivity index (χ1n) is 6.28. The lowest BCUT2D eigenvalue weighted by Gasteiger charge is -2.19. The van der Waals surface area contributed by atoms with E-state index in [1.165, 1.54) is 6.07 Å². The van der Waals surface area contributed by atoms with Crippen LogP contribution in [0.2, 0.25) is 0 Å². The molecule has 1 aliphatic rings. The first-order valence-corrected chi connectivity index (χ1v) is 8.71. The molecule has 2 heterocycles. The van der Waals surface area contributed by atoms with Gasteiger partial charge < -0.3 is 4.90 Å². The molecule has 0 aromatic carbocycles. The molecule has 1 aromatic rings. The van der Waals surface area contributed by atoms with Crippen LogP contribution < -0.4 is 5.14 Å². The largest absolute Gasteiger partial charge is 0.339 e. The first-order chi connectivity index (χ1) is 8.88. The maximum absolute atomic E-state index is 12.3. The monoisotopic (exact) mass is 302 g/mol. The highest BCUT2D eigenvalue weighted by Gasteiger charge is 2.22. The normalized spacial score (nSPS) is 21.2. The Morgan fingerprint density at radius 3 is 2.79 bits per heavy atom. The van der Waals surface area contributed by atoms with Crippen LogP contribution in [0.1, 0.15) is 36.5 Å². The van der Waals surface area contributed by atoms with E-state index in [9.17, 15) is 13.2 Å². The summed E-state index contributed by atoms with van der Waals surface area (Å²) in [5.41, 5.74) is 0.420. The molecule has 0 radical (unpaired) electrons. The number of nitrogens with two attached hydrogens (primary N) is 1. The van der Waals surface area contributed by atoms with Crippen molar-refractivity contribution in [3.8, 4) is 0 Å². The van der Waals surface area contributed by atoms with Crippen LogP contribution in [-0.4, -0.2) is 32.3 Å². The summed E-state index contributed by atoms with van der Waals surface area (Å²) < 4.78 is 22.5. The fraction of sp³-hybridized carbons (Fsp3) is 0.583. The molecule has 7 heteroatoms. The number of thiophene rings is 1. The summed E-state index contributed by atoms with van der Waals surface area (Å²) in [5, 5.41) is 6.62. The summed E-state index contributed by atoms with van der Waals surface area (Å²) in [6.45, 7) is 3.67. The van der Waals surface area contributed by atoms with Crippen LogP contribution in [0.3, 0.4) is 0 Å². The zero-order valence-electron chi connectivity index (χ0n) is 10.8. The summed E-state index contributed by atoms with van der Waals surface area (Å²) in [7, 11) is -3.71. The van der Waals surface area contributed by atoms with Gasteiger partial charge in [0.05, 0.1) is 5.56 Å². The van der Waals surface area contributed by atoms with Crippen molar-refractivity contribution in [3.05, 3.63) is 17.0 Å². The summed E-state index contributed by atoms with van der Waals surface area (Å²) >= 11 is 0.994. The number of hydrogen-bond acceptors (Lipinski definition) is 4. The van der Waals surface area contributed by atoms with Crippen LogP contribution in [0.15, 0.2) is 15.7 Å². The van der Waals surface area contributed by atoms with E-state index >= 15 is 0 Å². The molecule has 19 heavy (non-hydrogen) atoms. The Bertz CT molecular complexity index is 565. The van der Waals surface area contributed by atoms with Gasteiger partial charge in [0.15, 0.2) is 0 Å². The Morgan fingerprint density at radius 1 is 1.42 bits per heavy atom. The zero-order chi connectivity index (χ0) is 14.0. The molecule has 1 amide bonds. The number of carbonyl (C=O) groups is 1. The summed E-state index contributed by atoms with van der Waals surface area (Å²) in [6, 6.07) is 1.37. The van der Waals surface area contributed by atoms with E-state index in [1.807, 2.05) is 0 Å². The lowest BCUT2D eigenvalue weighted by Crippen LogP contribution is -2.31. The molecular weight excluding hydrogens is 284 g/mol. The highest BCUT2D eigenvalue weighted by atomic mass is 32.2. The van der Waals surface area contributed by atoms with Crippen molar-refractivity contribution >= 4 is 27.3 Å². The number of hydrogen-bond donors (Lipinski definition) is 1. The van der Waals surface area contributed by atoms with Crippen LogP contribution >= 0.6 is 11.3 Å². The van der Waals surface area contributed by atoms with Gasteiger partial charge in [0, 0.05) is 18.5 Å². The van der Waals surface area contributed by atoms with Gasteiger partial charge >= 0.3 is 0 Å². The minimum atomic E-state index is -3.71. The molecule has 0 saturated carbocycles. The van der Waals surface area contributed by atoms with Gasteiger partial charge in [0.2, 0.25) is 10.0 Å². The molecule has 0 unspecified atom stereocenters. The van der Waals surface area contributed by atoms with Crippen molar-refractivity contribution in [1.82, 2.24) is 4.90 Å². The van der Waals surface area contributed by atoms with Gasteiger partial charge in [0.1, 0.15) is 4.21 Å². The maximum Gasteiger partial charge on any atom is 0.254 e. The predicted octanol–water partition coefficient (Wildman–Crippen LogP) is 1.66. The Hall–Kier alpha value is -0.920. The smallest absolute Gasteiger partial charge is 0.254 e. The minimum Gasteiger partial charge on any atom is -0.339 e. The third kappa shape index (κ3) is 3.55. The topological polar surface area (TPSA) is 80.5 Å². The quantitative estimate of drug-likeness (QED) is 0.902. The van der Waals surface area contributed by atoms with Crippen molar-refractivity contribution in [3.63, 3.8) is 0 Å². The highest BCUT2D eigenvalue weighted by Crippen LogP contribution is 2.22. The van der Waals surface area contributed by atoms with Crippen molar-refractivity contribution in [2.24, 2.45) is 11.1 Å². The van der Waals surface area contributed by atoms with Gasteiger partial charge in [-0.2, -0.15) is 0 Å². The number of carbonyl (C=O) groups excluding carboxylic acids is 1. The van der Waals surface area contributed by atoms with E-state index in [4.69, 9.17) is 5.14 Å². The predicted molar refractivity (Wildman–Crippen MR) is 74.6 cm³/mol. The van der Waals surface area contributed by atoms with Crippen LogP contribution in [0.25, 0.3) is 0 Å². The van der Waals surface area contributed by atoms with Crippen molar-refractivity contribution in [2.45, 2.75) is 30.4 Å². The van der Waals surface area contributed by atoms with Crippen LogP contribution in [0.5, 0.6) is 0 Å². The fourth-order valence-corrected chi connectivity index (χ4v) is 3.81. The van der Waals surface area contributed by atoms with Gasteiger partial charge in [-0.15, -0.1) is 11.3 Å². The van der Waals surface area contributed by atoms with Gasteiger partial charge in [-0.05, 0) is 31.2 Å². The van der Waals surface area contributed by atoms with E-state index in [0.29, 0.717) is 11.5 Å². The Morgan fingerprint density at radius 2 is 2.16 bits per heavy atom. The van der Waals surface area contributed by atoms with Gasteiger partial charge in [0.25, 0.3) is 5.91 Å². The first kappa shape index (κ1) is 14.5. The molecule has 0 aliphatic carbocycles. The summed E-state index contributed by atoms with van der Waals surface area (Å²) in [6.07, 6.45) is 3.13. The molecule has 1 aromatic heterocycles. The second-order valence-electron chi connectivity index (χ2n) is 5.03. The molecular formula is C12H18N2O3S2. The average Bonchev–Trinajstić information content (AvgIpc) is 2.73. The second-order valence-corrected chi connectivity index (χ2v) is 7.73. The fourth-order valence-electron chi connectivity index (χ4n) is 2.23. The van der Waals surface area contributed by atoms with E-state index in [-0.39, 0.29) is 10.1 Å². The number of amides is 1. The lowest BCUT2D eigenvalue weighted by molar-refractivity contribution is 0.0761. The molecule has 0 spiro atoms. The molecule has 1 aliphatic heterocycles.